The maximum absolute atomic E-state index is 8.97. The monoisotopic (exact) mass is 218 g/mol. The third-order valence-corrected chi connectivity index (χ3v) is 2.47. The molecule has 0 saturated carbocycles. The molecule has 13 heavy (non-hydrogen) atoms. The second-order valence-corrected chi connectivity index (χ2v) is 4.66. The van der Waals surface area contributed by atoms with Crippen molar-refractivity contribution in [2.75, 3.05) is 6.61 Å². The van der Waals surface area contributed by atoms with E-state index in [-0.39, 0.29) is 6.61 Å². The fraction of sp³-hybridized carbons (Fsp3) is 0.400. The zero-order valence-corrected chi connectivity index (χ0v) is 8.94. The van der Waals surface area contributed by atoms with Crippen LogP contribution in [-0.4, -0.2) is 16.6 Å². The zero-order valence-electron chi connectivity index (χ0n) is 7.43. The molecule has 1 rings (SSSR count). The van der Waals surface area contributed by atoms with Crippen molar-refractivity contribution in [3.05, 3.63) is 34.9 Å². The van der Waals surface area contributed by atoms with E-state index in [0.29, 0.717) is 11.4 Å². The van der Waals surface area contributed by atoms with Crippen LogP contribution < -0.4 is 0 Å². The Morgan fingerprint density at radius 1 is 1.38 bits per heavy atom. The lowest BCUT2D eigenvalue weighted by Gasteiger charge is -2.19. The molecule has 1 unspecified atom stereocenters. The molecule has 0 aromatic heterocycles. The van der Waals surface area contributed by atoms with Crippen LogP contribution in [0, 0.1) is 0 Å². The number of hydrogen-bond acceptors (Lipinski definition) is 1. The van der Waals surface area contributed by atoms with E-state index in [9.17, 15) is 0 Å². The summed E-state index contributed by atoms with van der Waals surface area (Å²) < 4.78 is 0. The number of aliphatic hydroxyl groups excluding tert-OH is 1. The highest BCUT2D eigenvalue weighted by Crippen LogP contribution is 2.24. The third kappa shape index (κ3) is 3.18. The van der Waals surface area contributed by atoms with E-state index in [1.54, 1.807) is 6.92 Å². The highest BCUT2D eigenvalue weighted by Gasteiger charge is 2.20. The van der Waals surface area contributed by atoms with E-state index in [0.717, 1.165) is 5.56 Å². The summed E-state index contributed by atoms with van der Waals surface area (Å²) in [4.78, 5) is -0.620. The van der Waals surface area contributed by atoms with Gasteiger partial charge in [0, 0.05) is 5.02 Å². The van der Waals surface area contributed by atoms with Gasteiger partial charge in [-0.05, 0) is 25.0 Å². The Balaban J connectivity index is 2.80. The lowest BCUT2D eigenvalue weighted by molar-refractivity contribution is 0.252. The topological polar surface area (TPSA) is 20.2 Å². The van der Waals surface area contributed by atoms with Gasteiger partial charge in [0.2, 0.25) is 0 Å². The molecule has 0 aliphatic carbocycles. The molecule has 0 heterocycles. The van der Waals surface area contributed by atoms with Gasteiger partial charge in [0.25, 0.3) is 0 Å². The first kappa shape index (κ1) is 10.8. The highest BCUT2D eigenvalue weighted by molar-refractivity contribution is 6.31. The first-order chi connectivity index (χ1) is 6.05. The van der Waals surface area contributed by atoms with Crippen LogP contribution in [0.1, 0.15) is 12.5 Å². The summed E-state index contributed by atoms with van der Waals surface area (Å²) in [6.45, 7) is 1.73. The Labute approximate surface area is 88.3 Å². The molecule has 0 saturated heterocycles. The van der Waals surface area contributed by atoms with E-state index in [2.05, 4.69) is 0 Å². The van der Waals surface area contributed by atoms with Crippen LogP contribution in [0.3, 0.4) is 0 Å². The summed E-state index contributed by atoms with van der Waals surface area (Å²) in [5.74, 6) is 0. The van der Waals surface area contributed by atoms with Gasteiger partial charge in [-0.2, -0.15) is 0 Å². The summed E-state index contributed by atoms with van der Waals surface area (Å²) in [6, 6.07) is 7.52. The van der Waals surface area contributed by atoms with Crippen molar-refractivity contribution in [1.29, 1.82) is 0 Å². The zero-order chi connectivity index (χ0) is 9.90. The van der Waals surface area contributed by atoms with E-state index >= 15 is 0 Å². The van der Waals surface area contributed by atoms with Gasteiger partial charge >= 0.3 is 0 Å². The number of halogens is 2. The number of aliphatic hydroxyl groups is 1. The van der Waals surface area contributed by atoms with Gasteiger partial charge < -0.3 is 5.11 Å². The second kappa shape index (κ2) is 4.32. The second-order valence-electron chi connectivity index (χ2n) is 3.34. The summed E-state index contributed by atoms with van der Waals surface area (Å²) >= 11 is 12.0. The number of alkyl halides is 1. The predicted molar refractivity (Wildman–Crippen MR) is 56.5 cm³/mol. The molecule has 1 aromatic carbocycles. The normalized spacial score (nSPS) is 15.4. The first-order valence-corrected chi connectivity index (χ1v) is 4.84. The Hall–Kier alpha value is -0.240. The van der Waals surface area contributed by atoms with Crippen LogP contribution in [0.5, 0.6) is 0 Å². The van der Waals surface area contributed by atoms with Crippen molar-refractivity contribution >= 4 is 23.2 Å². The van der Waals surface area contributed by atoms with Gasteiger partial charge in [-0.15, -0.1) is 11.6 Å². The largest absolute Gasteiger partial charge is 0.395 e. The molecular formula is C10H12Cl2O. The quantitative estimate of drug-likeness (QED) is 0.775. The minimum Gasteiger partial charge on any atom is -0.395 e. The van der Waals surface area contributed by atoms with Gasteiger partial charge in [0.1, 0.15) is 0 Å². The van der Waals surface area contributed by atoms with Crippen molar-refractivity contribution in [1.82, 2.24) is 0 Å². The van der Waals surface area contributed by atoms with Crippen molar-refractivity contribution < 1.29 is 5.11 Å². The third-order valence-electron chi connectivity index (χ3n) is 1.85. The Kier molecular flexibility index (Phi) is 3.60. The average Bonchev–Trinajstić information content (AvgIpc) is 2.09. The number of hydrogen-bond donors (Lipinski definition) is 1. The van der Waals surface area contributed by atoms with Crippen LogP contribution in [0.4, 0.5) is 0 Å². The minimum atomic E-state index is -0.620. The molecule has 0 aliphatic heterocycles. The molecule has 0 spiro atoms. The van der Waals surface area contributed by atoms with Crippen LogP contribution in [0.25, 0.3) is 0 Å². The molecule has 1 N–H and O–H groups in total. The van der Waals surface area contributed by atoms with Gasteiger partial charge in [-0.25, -0.2) is 0 Å². The molecule has 1 atom stereocenters. The van der Waals surface area contributed by atoms with E-state index < -0.39 is 4.87 Å². The van der Waals surface area contributed by atoms with Crippen LogP contribution in [0.2, 0.25) is 5.02 Å². The van der Waals surface area contributed by atoms with Crippen LogP contribution in [-0.2, 0) is 6.42 Å². The van der Waals surface area contributed by atoms with Crippen molar-refractivity contribution in [3.8, 4) is 0 Å². The molecule has 0 aliphatic rings. The van der Waals surface area contributed by atoms with Gasteiger partial charge in [0.15, 0.2) is 0 Å². The summed E-state index contributed by atoms with van der Waals surface area (Å²) in [5, 5.41) is 9.67. The minimum absolute atomic E-state index is 0.0558. The summed E-state index contributed by atoms with van der Waals surface area (Å²) in [6.07, 6.45) is 0.574. The number of benzene rings is 1. The van der Waals surface area contributed by atoms with Crippen LogP contribution >= 0.6 is 23.2 Å². The molecule has 3 heteroatoms. The predicted octanol–water partition coefficient (Wildman–Crippen LogP) is 2.87. The van der Waals surface area contributed by atoms with Gasteiger partial charge in [-0.1, -0.05) is 29.8 Å². The van der Waals surface area contributed by atoms with E-state index in [1.807, 2.05) is 24.3 Å². The smallest absolute Gasteiger partial charge is 0.0689 e. The number of rotatable bonds is 3. The lowest BCUT2D eigenvalue weighted by atomic mass is 10.0. The summed E-state index contributed by atoms with van der Waals surface area (Å²) in [7, 11) is 0. The lowest BCUT2D eigenvalue weighted by Crippen LogP contribution is -2.24. The van der Waals surface area contributed by atoms with Gasteiger partial charge in [0.05, 0.1) is 11.5 Å². The van der Waals surface area contributed by atoms with Crippen molar-refractivity contribution in [3.63, 3.8) is 0 Å². The molecule has 0 amide bonds. The molecule has 0 bridgehead atoms. The van der Waals surface area contributed by atoms with Crippen molar-refractivity contribution in [2.24, 2.45) is 0 Å². The summed E-state index contributed by atoms with van der Waals surface area (Å²) in [5.41, 5.74) is 0.968. The molecule has 72 valence electrons. The van der Waals surface area contributed by atoms with Crippen molar-refractivity contribution in [2.45, 2.75) is 18.2 Å². The average molecular weight is 219 g/mol. The molecule has 1 aromatic rings. The van der Waals surface area contributed by atoms with Crippen LogP contribution in [0.15, 0.2) is 24.3 Å². The first-order valence-electron chi connectivity index (χ1n) is 4.08. The highest BCUT2D eigenvalue weighted by atomic mass is 35.5. The van der Waals surface area contributed by atoms with Gasteiger partial charge in [-0.3, -0.25) is 0 Å². The molecular weight excluding hydrogens is 207 g/mol. The molecule has 0 fully saturated rings. The van der Waals surface area contributed by atoms with E-state index in [1.165, 1.54) is 0 Å². The Bertz CT molecular complexity index is 284. The Morgan fingerprint density at radius 2 is 2.00 bits per heavy atom. The Morgan fingerprint density at radius 3 is 2.54 bits per heavy atom. The van der Waals surface area contributed by atoms with E-state index in [4.69, 9.17) is 28.3 Å². The fourth-order valence-corrected chi connectivity index (χ4v) is 1.44. The SMILES string of the molecule is CC(Cl)(CO)Cc1ccccc1Cl. The maximum atomic E-state index is 8.97. The molecule has 0 radical (unpaired) electrons. The maximum Gasteiger partial charge on any atom is 0.0689 e. The molecule has 1 nitrogen and oxygen atoms in total. The fourth-order valence-electron chi connectivity index (χ4n) is 1.09. The standard InChI is InChI=1S/C10H12Cl2O/c1-10(12,7-13)6-8-4-2-3-5-9(8)11/h2-5,13H,6-7H2,1H3.